The van der Waals surface area contributed by atoms with E-state index in [1.165, 1.54) is 12.1 Å². The fourth-order valence-corrected chi connectivity index (χ4v) is 1.65. The van der Waals surface area contributed by atoms with E-state index in [0.29, 0.717) is 23.7 Å². The highest BCUT2D eigenvalue weighted by Crippen LogP contribution is 2.13. The smallest absolute Gasteiger partial charge is 0.226 e. The quantitative estimate of drug-likeness (QED) is 0.902. The summed E-state index contributed by atoms with van der Waals surface area (Å²) in [6, 6.07) is 3.48. The minimum Gasteiger partial charge on any atom is -0.339 e. The second-order valence-corrected chi connectivity index (χ2v) is 4.53. The molecule has 2 rings (SSSR count). The van der Waals surface area contributed by atoms with E-state index in [-0.39, 0.29) is 12.5 Å². The summed E-state index contributed by atoms with van der Waals surface area (Å²) >= 11 is 0. The predicted molar refractivity (Wildman–Crippen MR) is 65.4 cm³/mol. The number of hydrogen-bond donors (Lipinski definition) is 1. The van der Waals surface area contributed by atoms with Crippen LogP contribution in [0.1, 0.15) is 30.6 Å². The number of hydrogen-bond acceptors (Lipinski definition) is 4. The van der Waals surface area contributed by atoms with Crippen molar-refractivity contribution >= 4 is 0 Å². The number of nitrogens with zero attached hydrogens (tertiary/aromatic N) is 2. The van der Waals surface area contributed by atoms with Crippen LogP contribution in [0.2, 0.25) is 0 Å². The molecule has 0 amide bonds. The summed E-state index contributed by atoms with van der Waals surface area (Å²) in [6.45, 7) is 1.89. The van der Waals surface area contributed by atoms with Crippen LogP contribution in [0.15, 0.2) is 22.7 Å². The van der Waals surface area contributed by atoms with E-state index in [1.54, 1.807) is 0 Å². The van der Waals surface area contributed by atoms with Crippen LogP contribution in [-0.4, -0.2) is 16.2 Å². The summed E-state index contributed by atoms with van der Waals surface area (Å²) in [5, 5.41) is 3.77. The van der Waals surface area contributed by atoms with E-state index in [0.717, 1.165) is 12.5 Å². The highest BCUT2D eigenvalue weighted by Gasteiger charge is 2.11. The molecule has 102 valence electrons. The van der Waals surface area contributed by atoms with Crippen LogP contribution in [-0.2, 0) is 12.8 Å². The highest BCUT2D eigenvalue weighted by molar-refractivity contribution is 5.21. The van der Waals surface area contributed by atoms with Gasteiger partial charge in [-0.1, -0.05) is 11.2 Å². The molecule has 19 heavy (non-hydrogen) atoms. The van der Waals surface area contributed by atoms with Gasteiger partial charge in [-0.2, -0.15) is 4.98 Å². The Morgan fingerprint density at radius 3 is 2.84 bits per heavy atom. The zero-order valence-corrected chi connectivity index (χ0v) is 10.6. The average molecular weight is 267 g/mol. The minimum atomic E-state index is -0.609. The first-order chi connectivity index (χ1) is 9.04. The Balaban J connectivity index is 2.03. The summed E-state index contributed by atoms with van der Waals surface area (Å²) in [6.07, 6.45) is 1.51. The summed E-state index contributed by atoms with van der Waals surface area (Å²) in [5.41, 5.74) is 5.96. The van der Waals surface area contributed by atoms with Crippen molar-refractivity contribution in [3.63, 3.8) is 0 Å². The van der Waals surface area contributed by atoms with Gasteiger partial charge in [-0.15, -0.1) is 0 Å². The van der Waals surface area contributed by atoms with Gasteiger partial charge in [0.2, 0.25) is 5.89 Å². The van der Waals surface area contributed by atoms with Gasteiger partial charge < -0.3 is 10.3 Å². The largest absolute Gasteiger partial charge is 0.339 e. The van der Waals surface area contributed by atoms with Crippen LogP contribution in [0.3, 0.4) is 0 Å². The molecule has 0 fully saturated rings. The average Bonchev–Trinajstić information content (AvgIpc) is 2.78. The summed E-state index contributed by atoms with van der Waals surface area (Å²) < 4.78 is 31.3. The molecular formula is C13H15F2N3O. The van der Waals surface area contributed by atoms with Crippen molar-refractivity contribution < 1.29 is 13.3 Å². The lowest BCUT2D eigenvalue weighted by Crippen LogP contribution is -2.15. The van der Waals surface area contributed by atoms with Gasteiger partial charge in [-0.05, 0) is 25.0 Å². The molecule has 0 bridgehead atoms. The predicted octanol–water partition coefficient (Wildman–Crippen LogP) is 2.22. The molecule has 4 nitrogen and oxygen atoms in total. The molecule has 1 aromatic heterocycles. The topological polar surface area (TPSA) is 64.9 Å². The molecular weight excluding hydrogens is 252 g/mol. The standard InChI is InChI=1S/C13H15F2N3O/c1-8(16)2-5-13-17-12(18-19-13)6-9-3-4-10(14)7-11(9)15/h3-4,7-8H,2,5-6,16H2,1H3. The molecule has 1 heterocycles. The fraction of sp³-hybridized carbons (Fsp3) is 0.385. The van der Waals surface area contributed by atoms with Crippen molar-refractivity contribution in [2.75, 3.05) is 0 Å². The van der Waals surface area contributed by atoms with Gasteiger partial charge >= 0.3 is 0 Å². The first-order valence-electron chi connectivity index (χ1n) is 6.05. The molecule has 0 saturated carbocycles. The minimum absolute atomic E-state index is 0.0601. The number of nitrogens with two attached hydrogens (primary N) is 1. The molecule has 1 aromatic carbocycles. The lowest BCUT2D eigenvalue weighted by atomic mass is 10.1. The molecule has 0 radical (unpaired) electrons. The number of aromatic nitrogens is 2. The monoisotopic (exact) mass is 267 g/mol. The number of benzene rings is 1. The molecule has 0 spiro atoms. The summed E-state index contributed by atoms with van der Waals surface area (Å²) in [5.74, 6) is -0.353. The van der Waals surface area contributed by atoms with Crippen LogP contribution >= 0.6 is 0 Å². The first kappa shape index (κ1) is 13.6. The third-order valence-corrected chi connectivity index (χ3v) is 2.69. The Morgan fingerprint density at radius 2 is 2.16 bits per heavy atom. The van der Waals surface area contributed by atoms with Crippen molar-refractivity contribution in [3.8, 4) is 0 Å². The molecule has 0 aliphatic heterocycles. The molecule has 0 saturated heterocycles. The van der Waals surface area contributed by atoms with Gasteiger partial charge in [0.05, 0.1) is 0 Å². The van der Waals surface area contributed by atoms with Crippen molar-refractivity contribution in [1.82, 2.24) is 10.1 Å². The Morgan fingerprint density at radius 1 is 1.37 bits per heavy atom. The lowest BCUT2D eigenvalue weighted by Gasteiger charge is -2.00. The van der Waals surface area contributed by atoms with Gasteiger partial charge in [0.15, 0.2) is 5.82 Å². The molecule has 1 atom stereocenters. The molecule has 2 aromatic rings. The van der Waals surface area contributed by atoms with Gasteiger partial charge in [-0.25, -0.2) is 8.78 Å². The maximum absolute atomic E-state index is 13.5. The van der Waals surface area contributed by atoms with Crippen molar-refractivity contribution in [2.24, 2.45) is 5.73 Å². The van der Waals surface area contributed by atoms with Crippen molar-refractivity contribution in [3.05, 3.63) is 47.1 Å². The van der Waals surface area contributed by atoms with E-state index in [9.17, 15) is 8.78 Å². The SMILES string of the molecule is CC(N)CCc1nc(Cc2ccc(F)cc2F)no1. The van der Waals surface area contributed by atoms with Gasteiger partial charge in [-0.3, -0.25) is 0 Å². The summed E-state index contributed by atoms with van der Waals surface area (Å²) in [7, 11) is 0. The molecule has 1 unspecified atom stereocenters. The molecule has 2 N–H and O–H groups in total. The van der Waals surface area contributed by atoms with Gasteiger partial charge in [0.1, 0.15) is 11.6 Å². The Bertz CT molecular complexity index is 555. The number of aryl methyl sites for hydroxylation is 1. The molecule has 6 heteroatoms. The Labute approximate surface area is 109 Å². The van der Waals surface area contributed by atoms with Crippen LogP contribution in [0, 0.1) is 11.6 Å². The van der Waals surface area contributed by atoms with Crippen molar-refractivity contribution in [2.45, 2.75) is 32.2 Å². The van der Waals surface area contributed by atoms with E-state index >= 15 is 0 Å². The van der Waals surface area contributed by atoms with Gasteiger partial charge in [0, 0.05) is 24.9 Å². The second-order valence-electron chi connectivity index (χ2n) is 4.53. The zero-order valence-electron chi connectivity index (χ0n) is 10.6. The van der Waals surface area contributed by atoms with E-state index in [2.05, 4.69) is 10.1 Å². The third kappa shape index (κ3) is 3.82. The Kier molecular flexibility index (Phi) is 4.21. The number of halogens is 2. The third-order valence-electron chi connectivity index (χ3n) is 2.69. The van der Waals surface area contributed by atoms with Crippen molar-refractivity contribution in [1.29, 1.82) is 0 Å². The zero-order chi connectivity index (χ0) is 13.8. The second kappa shape index (κ2) is 5.88. The highest BCUT2D eigenvalue weighted by atomic mass is 19.1. The normalized spacial score (nSPS) is 12.6. The number of rotatable bonds is 5. The fourth-order valence-electron chi connectivity index (χ4n) is 1.65. The van der Waals surface area contributed by atoms with Crippen LogP contribution in [0.5, 0.6) is 0 Å². The van der Waals surface area contributed by atoms with E-state index < -0.39 is 11.6 Å². The lowest BCUT2D eigenvalue weighted by molar-refractivity contribution is 0.368. The van der Waals surface area contributed by atoms with Crippen LogP contribution in [0.25, 0.3) is 0 Å². The van der Waals surface area contributed by atoms with Gasteiger partial charge in [0.25, 0.3) is 0 Å². The molecule has 0 aliphatic carbocycles. The van der Waals surface area contributed by atoms with E-state index in [4.69, 9.17) is 10.3 Å². The Hall–Kier alpha value is -1.82. The van der Waals surface area contributed by atoms with E-state index in [1.807, 2.05) is 6.92 Å². The van der Waals surface area contributed by atoms with Crippen LogP contribution < -0.4 is 5.73 Å². The maximum Gasteiger partial charge on any atom is 0.226 e. The first-order valence-corrected chi connectivity index (χ1v) is 6.05. The van der Waals surface area contributed by atoms with Crippen LogP contribution in [0.4, 0.5) is 8.78 Å². The molecule has 0 aliphatic rings. The maximum atomic E-state index is 13.5. The summed E-state index contributed by atoms with van der Waals surface area (Å²) in [4.78, 5) is 4.15.